The molecule has 1 aromatic heterocycles. The Balaban J connectivity index is 2.08. The minimum atomic E-state index is -0.651. The predicted molar refractivity (Wildman–Crippen MR) is 61.0 cm³/mol. The SMILES string of the molecule is O=C1CN(C(=O)Cc2cc(=O)[nH]c(=O)[nH]2)CCN1. The Bertz CT molecular complexity index is 560. The van der Waals surface area contributed by atoms with Gasteiger partial charge in [0.15, 0.2) is 0 Å². The first-order valence-electron chi connectivity index (χ1n) is 5.41. The van der Waals surface area contributed by atoms with Gasteiger partial charge in [0.05, 0.1) is 13.0 Å². The van der Waals surface area contributed by atoms with Crippen molar-refractivity contribution in [3.05, 3.63) is 32.6 Å². The van der Waals surface area contributed by atoms with Crippen LogP contribution in [0.3, 0.4) is 0 Å². The maximum atomic E-state index is 11.8. The zero-order valence-corrected chi connectivity index (χ0v) is 9.49. The topological polar surface area (TPSA) is 115 Å². The molecule has 18 heavy (non-hydrogen) atoms. The van der Waals surface area contributed by atoms with Crippen LogP contribution in [0.5, 0.6) is 0 Å². The van der Waals surface area contributed by atoms with E-state index in [-0.39, 0.29) is 30.5 Å². The molecule has 96 valence electrons. The smallest absolute Gasteiger partial charge is 0.325 e. The second-order valence-corrected chi connectivity index (χ2v) is 3.95. The van der Waals surface area contributed by atoms with Crippen LogP contribution in [-0.4, -0.2) is 46.3 Å². The van der Waals surface area contributed by atoms with Crippen molar-refractivity contribution in [2.45, 2.75) is 6.42 Å². The monoisotopic (exact) mass is 252 g/mol. The van der Waals surface area contributed by atoms with Crippen LogP contribution in [0.25, 0.3) is 0 Å². The van der Waals surface area contributed by atoms with E-state index in [2.05, 4.69) is 10.3 Å². The predicted octanol–water partition coefficient (Wildman–Crippen LogP) is -2.44. The van der Waals surface area contributed by atoms with Gasteiger partial charge < -0.3 is 15.2 Å². The maximum absolute atomic E-state index is 11.8. The molecule has 1 aliphatic rings. The lowest BCUT2D eigenvalue weighted by Crippen LogP contribution is -2.50. The van der Waals surface area contributed by atoms with Crippen LogP contribution >= 0.6 is 0 Å². The van der Waals surface area contributed by atoms with Gasteiger partial charge in [-0.1, -0.05) is 0 Å². The largest absolute Gasteiger partial charge is 0.353 e. The standard InChI is InChI=1S/C10H12N4O4/c15-7-3-6(12-10(18)13-7)4-9(17)14-2-1-11-8(16)5-14/h3H,1-2,4-5H2,(H,11,16)(H2,12,13,15,18). The lowest BCUT2D eigenvalue weighted by molar-refractivity contribution is -0.137. The van der Waals surface area contributed by atoms with Crippen LogP contribution in [-0.2, 0) is 16.0 Å². The highest BCUT2D eigenvalue weighted by atomic mass is 16.2. The van der Waals surface area contributed by atoms with Crippen molar-refractivity contribution >= 4 is 11.8 Å². The number of nitrogens with zero attached hydrogens (tertiary/aromatic N) is 1. The molecule has 3 N–H and O–H groups in total. The summed E-state index contributed by atoms with van der Waals surface area (Å²) in [6, 6.07) is 1.16. The summed E-state index contributed by atoms with van der Waals surface area (Å²) in [7, 11) is 0. The van der Waals surface area contributed by atoms with Crippen molar-refractivity contribution in [1.82, 2.24) is 20.2 Å². The molecule has 1 aromatic rings. The number of hydrogen-bond donors (Lipinski definition) is 3. The third-order valence-electron chi connectivity index (χ3n) is 2.55. The van der Waals surface area contributed by atoms with Crippen molar-refractivity contribution < 1.29 is 9.59 Å². The van der Waals surface area contributed by atoms with E-state index in [4.69, 9.17) is 0 Å². The van der Waals surface area contributed by atoms with Crippen molar-refractivity contribution in [2.24, 2.45) is 0 Å². The van der Waals surface area contributed by atoms with Crippen molar-refractivity contribution in [3.63, 3.8) is 0 Å². The van der Waals surface area contributed by atoms with Gasteiger partial charge in [0.2, 0.25) is 11.8 Å². The Morgan fingerprint density at radius 1 is 1.28 bits per heavy atom. The summed E-state index contributed by atoms with van der Waals surface area (Å²) in [5.41, 5.74) is -0.973. The van der Waals surface area contributed by atoms with Gasteiger partial charge in [-0.15, -0.1) is 0 Å². The second-order valence-electron chi connectivity index (χ2n) is 3.95. The highest BCUT2D eigenvalue weighted by Crippen LogP contribution is 1.99. The molecule has 2 heterocycles. The average Bonchev–Trinajstić information content (AvgIpc) is 2.27. The summed E-state index contributed by atoms with van der Waals surface area (Å²) in [4.78, 5) is 50.8. The quantitative estimate of drug-likeness (QED) is 0.542. The van der Waals surface area contributed by atoms with E-state index in [1.54, 1.807) is 0 Å². The Labute approximate surface area is 101 Å². The van der Waals surface area contributed by atoms with Crippen LogP contribution in [0, 0.1) is 0 Å². The molecule has 8 nitrogen and oxygen atoms in total. The highest BCUT2D eigenvalue weighted by molar-refractivity contribution is 5.86. The second kappa shape index (κ2) is 4.86. The zero-order chi connectivity index (χ0) is 13.1. The highest BCUT2D eigenvalue weighted by Gasteiger charge is 2.21. The molecule has 0 radical (unpaired) electrons. The average molecular weight is 252 g/mol. The van der Waals surface area contributed by atoms with Gasteiger partial charge in [0, 0.05) is 24.8 Å². The van der Waals surface area contributed by atoms with Crippen molar-refractivity contribution in [3.8, 4) is 0 Å². The summed E-state index contributed by atoms with van der Waals surface area (Å²) in [5.74, 6) is -0.514. The van der Waals surface area contributed by atoms with Gasteiger partial charge >= 0.3 is 5.69 Å². The van der Waals surface area contributed by atoms with E-state index in [0.29, 0.717) is 13.1 Å². The van der Waals surface area contributed by atoms with E-state index in [1.807, 2.05) is 4.98 Å². The number of hydrogen-bond acceptors (Lipinski definition) is 4. The number of rotatable bonds is 2. The molecule has 0 spiro atoms. The van der Waals surface area contributed by atoms with Gasteiger partial charge in [0.1, 0.15) is 0 Å². The Morgan fingerprint density at radius 2 is 2.06 bits per heavy atom. The number of aromatic amines is 2. The fourth-order valence-corrected chi connectivity index (χ4v) is 1.74. The third-order valence-corrected chi connectivity index (χ3v) is 2.55. The van der Waals surface area contributed by atoms with Gasteiger partial charge in [-0.3, -0.25) is 19.4 Å². The van der Waals surface area contributed by atoms with E-state index < -0.39 is 11.2 Å². The van der Waals surface area contributed by atoms with Crippen LogP contribution < -0.4 is 16.6 Å². The van der Waals surface area contributed by atoms with Crippen molar-refractivity contribution in [1.29, 1.82) is 0 Å². The normalized spacial score (nSPS) is 15.3. The summed E-state index contributed by atoms with van der Waals surface area (Å²) < 4.78 is 0. The number of H-pyrrole nitrogens is 2. The molecular weight excluding hydrogens is 240 g/mol. The Hall–Kier alpha value is -2.38. The molecule has 0 aromatic carbocycles. The van der Waals surface area contributed by atoms with Crippen LogP contribution in [0.15, 0.2) is 15.7 Å². The molecule has 2 amide bonds. The minimum absolute atomic E-state index is 0.00621. The Morgan fingerprint density at radius 3 is 2.72 bits per heavy atom. The molecule has 0 bridgehead atoms. The minimum Gasteiger partial charge on any atom is -0.353 e. The molecule has 8 heteroatoms. The van der Waals surface area contributed by atoms with Crippen LogP contribution in [0.2, 0.25) is 0 Å². The summed E-state index contributed by atoms with van der Waals surface area (Å²) in [6.45, 7) is 0.848. The van der Waals surface area contributed by atoms with Crippen LogP contribution in [0.1, 0.15) is 5.69 Å². The van der Waals surface area contributed by atoms with E-state index in [0.717, 1.165) is 6.07 Å². The first-order chi connectivity index (χ1) is 8.54. The number of nitrogens with one attached hydrogen (secondary N) is 3. The van der Waals surface area contributed by atoms with Crippen LogP contribution in [0.4, 0.5) is 0 Å². The summed E-state index contributed by atoms with van der Waals surface area (Å²) in [6.07, 6.45) is -0.105. The van der Waals surface area contributed by atoms with E-state index in [1.165, 1.54) is 4.90 Å². The van der Waals surface area contributed by atoms with Gasteiger partial charge in [0.25, 0.3) is 5.56 Å². The number of piperazine rings is 1. The summed E-state index contributed by atoms with van der Waals surface area (Å²) in [5, 5.41) is 2.60. The Kier molecular flexibility index (Phi) is 3.26. The maximum Gasteiger partial charge on any atom is 0.325 e. The molecule has 0 unspecified atom stereocenters. The molecule has 0 saturated carbocycles. The van der Waals surface area contributed by atoms with E-state index >= 15 is 0 Å². The molecule has 0 atom stereocenters. The number of amides is 2. The molecule has 1 aliphatic heterocycles. The fourth-order valence-electron chi connectivity index (χ4n) is 1.74. The number of carbonyl (C=O) groups excluding carboxylic acids is 2. The lowest BCUT2D eigenvalue weighted by Gasteiger charge is -2.26. The molecule has 1 saturated heterocycles. The van der Waals surface area contributed by atoms with Gasteiger partial charge in [-0.2, -0.15) is 0 Å². The molecule has 2 rings (SSSR count). The lowest BCUT2D eigenvalue weighted by atomic mass is 10.2. The first-order valence-corrected chi connectivity index (χ1v) is 5.41. The van der Waals surface area contributed by atoms with Gasteiger partial charge in [-0.25, -0.2) is 4.79 Å². The molecular formula is C10H12N4O4. The third kappa shape index (κ3) is 2.84. The number of carbonyl (C=O) groups is 2. The first kappa shape index (κ1) is 12.1. The number of aromatic nitrogens is 2. The van der Waals surface area contributed by atoms with E-state index in [9.17, 15) is 19.2 Å². The van der Waals surface area contributed by atoms with Gasteiger partial charge in [-0.05, 0) is 0 Å². The molecule has 0 aliphatic carbocycles. The summed E-state index contributed by atoms with van der Waals surface area (Å²) >= 11 is 0. The zero-order valence-electron chi connectivity index (χ0n) is 9.49. The molecule has 1 fully saturated rings. The fraction of sp³-hybridized carbons (Fsp3) is 0.400. The van der Waals surface area contributed by atoms with Crippen molar-refractivity contribution in [2.75, 3.05) is 19.6 Å².